The van der Waals surface area contributed by atoms with Gasteiger partial charge in [0.05, 0.1) is 13.2 Å². The fraction of sp³-hybridized carbons (Fsp3) is 0.400. The van der Waals surface area contributed by atoms with Gasteiger partial charge in [-0.1, -0.05) is 28.9 Å². The standard InChI is InChI=1S/C20H22ClN7O2/c21-16-3-1-2-15(12-16)19-24-20(30-25-19)28-6-4-26(5-7-28)17-13-18(23-14-22-17)27-8-10-29-11-9-27/h1-3,12-14H,4-11H2. The Labute approximate surface area is 179 Å². The molecule has 0 radical (unpaired) electrons. The van der Waals surface area contributed by atoms with E-state index in [1.54, 1.807) is 6.33 Å². The number of aromatic nitrogens is 4. The van der Waals surface area contributed by atoms with E-state index in [1.165, 1.54) is 0 Å². The van der Waals surface area contributed by atoms with Crippen LogP contribution in [0.1, 0.15) is 0 Å². The molecule has 0 bridgehead atoms. The molecule has 0 amide bonds. The fourth-order valence-electron chi connectivity index (χ4n) is 3.69. The van der Waals surface area contributed by atoms with Crippen LogP contribution in [0.2, 0.25) is 5.02 Å². The van der Waals surface area contributed by atoms with Crippen molar-refractivity contribution >= 4 is 29.3 Å². The van der Waals surface area contributed by atoms with Crippen molar-refractivity contribution < 1.29 is 9.26 Å². The molecule has 2 saturated heterocycles. The number of nitrogens with zero attached hydrogens (tertiary/aromatic N) is 7. The van der Waals surface area contributed by atoms with E-state index in [4.69, 9.17) is 20.9 Å². The SMILES string of the molecule is Clc1cccc(-c2noc(N3CCN(c4cc(N5CCOCC5)ncn4)CC3)n2)c1. The largest absolute Gasteiger partial charge is 0.378 e. The van der Waals surface area contributed by atoms with E-state index in [9.17, 15) is 0 Å². The van der Waals surface area contributed by atoms with Crippen molar-refractivity contribution in [2.24, 2.45) is 0 Å². The van der Waals surface area contributed by atoms with Crippen LogP contribution in [0.5, 0.6) is 0 Å². The topological polar surface area (TPSA) is 83.7 Å². The molecule has 0 N–H and O–H groups in total. The quantitative estimate of drug-likeness (QED) is 0.622. The molecular formula is C20H22ClN7O2. The molecule has 0 aliphatic carbocycles. The Balaban J connectivity index is 1.24. The summed E-state index contributed by atoms with van der Waals surface area (Å²) in [6, 6.07) is 10.0. The van der Waals surface area contributed by atoms with Crippen LogP contribution in [-0.2, 0) is 4.74 Å². The molecule has 2 fully saturated rings. The molecule has 0 unspecified atom stereocenters. The molecule has 2 aliphatic rings. The van der Waals surface area contributed by atoms with Crippen molar-refractivity contribution in [2.75, 3.05) is 67.2 Å². The second kappa shape index (κ2) is 8.45. The Morgan fingerprint density at radius 1 is 0.833 bits per heavy atom. The lowest BCUT2D eigenvalue weighted by Crippen LogP contribution is -2.47. The van der Waals surface area contributed by atoms with E-state index in [0.29, 0.717) is 16.9 Å². The van der Waals surface area contributed by atoms with Crippen LogP contribution in [0, 0.1) is 0 Å². The van der Waals surface area contributed by atoms with E-state index in [1.807, 2.05) is 24.3 Å². The smallest absolute Gasteiger partial charge is 0.324 e. The van der Waals surface area contributed by atoms with Gasteiger partial charge in [0.2, 0.25) is 5.82 Å². The van der Waals surface area contributed by atoms with Gasteiger partial charge >= 0.3 is 6.01 Å². The summed E-state index contributed by atoms with van der Waals surface area (Å²) in [5, 5.41) is 4.75. The van der Waals surface area contributed by atoms with Gasteiger partial charge in [-0.3, -0.25) is 0 Å². The lowest BCUT2D eigenvalue weighted by atomic mass is 10.2. The molecule has 2 aromatic heterocycles. The summed E-state index contributed by atoms with van der Waals surface area (Å²) >= 11 is 6.06. The minimum atomic E-state index is 0.529. The molecule has 0 spiro atoms. The monoisotopic (exact) mass is 427 g/mol. The van der Waals surface area contributed by atoms with E-state index in [0.717, 1.165) is 69.7 Å². The average Bonchev–Trinajstić information content (AvgIpc) is 3.30. The highest BCUT2D eigenvalue weighted by atomic mass is 35.5. The van der Waals surface area contributed by atoms with Gasteiger partial charge in [0.15, 0.2) is 0 Å². The Hall–Kier alpha value is -2.91. The van der Waals surface area contributed by atoms with Crippen molar-refractivity contribution in [3.63, 3.8) is 0 Å². The number of rotatable bonds is 4. The summed E-state index contributed by atoms with van der Waals surface area (Å²) in [6.45, 7) is 6.36. The second-order valence-electron chi connectivity index (χ2n) is 7.22. The minimum absolute atomic E-state index is 0.529. The molecule has 30 heavy (non-hydrogen) atoms. The number of anilines is 3. The normalized spacial score (nSPS) is 17.4. The number of halogens is 1. The summed E-state index contributed by atoms with van der Waals surface area (Å²) < 4.78 is 10.9. The van der Waals surface area contributed by atoms with Crippen molar-refractivity contribution in [1.82, 2.24) is 20.1 Å². The Kier molecular flexibility index (Phi) is 5.37. The van der Waals surface area contributed by atoms with Gasteiger partial charge in [0, 0.05) is 55.9 Å². The molecule has 9 nitrogen and oxygen atoms in total. The van der Waals surface area contributed by atoms with Crippen LogP contribution in [0.15, 0.2) is 41.2 Å². The van der Waals surface area contributed by atoms with Crippen molar-refractivity contribution in [2.45, 2.75) is 0 Å². The third-order valence-corrected chi connectivity index (χ3v) is 5.58. The highest BCUT2D eigenvalue weighted by Gasteiger charge is 2.23. The Morgan fingerprint density at radius 2 is 1.53 bits per heavy atom. The minimum Gasteiger partial charge on any atom is -0.378 e. The maximum atomic E-state index is 6.06. The first-order chi connectivity index (χ1) is 14.8. The molecule has 5 rings (SSSR count). The zero-order chi connectivity index (χ0) is 20.3. The highest BCUT2D eigenvalue weighted by molar-refractivity contribution is 6.30. The zero-order valence-electron chi connectivity index (χ0n) is 16.4. The highest BCUT2D eigenvalue weighted by Crippen LogP contribution is 2.25. The van der Waals surface area contributed by atoms with Crippen LogP contribution >= 0.6 is 11.6 Å². The van der Waals surface area contributed by atoms with E-state index in [2.05, 4.69) is 40.9 Å². The van der Waals surface area contributed by atoms with Gasteiger partial charge in [0.25, 0.3) is 0 Å². The van der Waals surface area contributed by atoms with E-state index < -0.39 is 0 Å². The van der Waals surface area contributed by atoms with E-state index in [-0.39, 0.29) is 0 Å². The van der Waals surface area contributed by atoms with Crippen LogP contribution in [-0.4, -0.2) is 72.6 Å². The summed E-state index contributed by atoms with van der Waals surface area (Å²) in [5.41, 5.74) is 0.841. The first-order valence-electron chi connectivity index (χ1n) is 10.0. The first-order valence-corrected chi connectivity index (χ1v) is 10.4. The van der Waals surface area contributed by atoms with Crippen LogP contribution in [0.3, 0.4) is 0 Å². The number of benzene rings is 1. The second-order valence-corrected chi connectivity index (χ2v) is 7.66. The van der Waals surface area contributed by atoms with Gasteiger partial charge in [-0.2, -0.15) is 4.98 Å². The molecule has 0 saturated carbocycles. The third-order valence-electron chi connectivity index (χ3n) is 5.35. The zero-order valence-corrected chi connectivity index (χ0v) is 17.2. The Bertz CT molecular complexity index is 1000. The predicted molar refractivity (Wildman–Crippen MR) is 114 cm³/mol. The number of hydrogen-bond donors (Lipinski definition) is 0. The molecule has 0 atom stereocenters. The molecule has 10 heteroatoms. The molecule has 4 heterocycles. The van der Waals surface area contributed by atoms with Gasteiger partial charge in [-0.15, -0.1) is 0 Å². The average molecular weight is 428 g/mol. The van der Waals surface area contributed by atoms with Gasteiger partial charge in [-0.25, -0.2) is 9.97 Å². The number of piperazine rings is 1. The van der Waals surface area contributed by atoms with Gasteiger partial charge in [0.1, 0.15) is 18.0 Å². The van der Waals surface area contributed by atoms with Crippen molar-refractivity contribution in [3.05, 3.63) is 41.7 Å². The van der Waals surface area contributed by atoms with Gasteiger partial charge < -0.3 is 24.0 Å². The first kappa shape index (κ1) is 19.1. The van der Waals surface area contributed by atoms with Gasteiger partial charge in [-0.05, 0) is 12.1 Å². The molecule has 2 aliphatic heterocycles. The fourth-order valence-corrected chi connectivity index (χ4v) is 3.88. The lowest BCUT2D eigenvalue weighted by molar-refractivity contribution is 0.122. The Morgan fingerprint density at radius 3 is 2.27 bits per heavy atom. The molecular weight excluding hydrogens is 406 g/mol. The lowest BCUT2D eigenvalue weighted by Gasteiger charge is -2.35. The summed E-state index contributed by atoms with van der Waals surface area (Å²) in [5.74, 6) is 2.44. The number of hydrogen-bond acceptors (Lipinski definition) is 9. The number of ether oxygens (including phenoxy) is 1. The third kappa shape index (κ3) is 4.03. The predicted octanol–water partition coefficient (Wildman–Crippen LogP) is 2.34. The van der Waals surface area contributed by atoms with Crippen LogP contribution in [0.25, 0.3) is 11.4 Å². The summed E-state index contributed by atoms with van der Waals surface area (Å²) in [7, 11) is 0. The van der Waals surface area contributed by atoms with Crippen LogP contribution in [0.4, 0.5) is 17.7 Å². The maximum absolute atomic E-state index is 6.06. The summed E-state index contributed by atoms with van der Waals surface area (Å²) in [6.07, 6.45) is 1.64. The van der Waals surface area contributed by atoms with Crippen molar-refractivity contribution in [1.29, 1.82) is 0 Å². The number of morpholine rings is 1. The maximum Gasteiger partial charge on any atom is 0.324 e. The van der Waals surface area contributed by atoms with E-state index >= 15 is 0 Å². The summed E-state index contributed by atoms with van der Waals surface area (Å²) in [4.78, 5) is 20.1. The van der Waals surface area contributed by atoms with Crippen LogP contribution < -0.4 is 14.7 Å². The molecule has 1 aromatic carbocycles. The molecule has 156 valence electrons. The van der Waals surface area contributed by atoms with Crippen molar-refractivity contribution in [3.8, 4) is 11.4 Å². The molecule has 3 aromatic rings.